The summed E-state index contributed by atoms with van der Waals surface area (Å²) in [6, 6.07) is 10.4. The van der Waals surface area contributed by atoms with Gasteiger partial charge in [-0.3, -0.25) is 0 Å². The van der Waals surface area contributed by atoms with Crippen molar-refractivity contribution >= 4 is 11.3 Å². The number of benzene rings is 1. The van der Waals surface area contributed by atoms with Gasteiger partial charge in [-0.15, -0.1) is 11.3 Å². The highest BCUT2D eigenvalue weighted by atomic mass is 32.1. The zero-order valence-corrected chi connectivity index (χ0v) is 13.5. The van der Waals surface area contributed by atoms with Crippen molar-refractivity contribution in [2.75, 3.05) is 13.7 Å². The van der Waals surface area contributed by atoms with E-state index in [0.29, 0.717) is 12.5 Å². The minimum Gasteiger partial charge on any atom is -0.367 e. The highest BCUT2D eigenvalue weighted by Crippen LogP contribution is 2.44. The van der Waals surface area contributed by atoms with Gasteiger partial charge in [0.2, 0.25) is 0 Å². The van der Waals surface area contributed by atoms with Crippen LogP contribution in [0.1, 0.15) is 52.9 Å². The molecule has 112 valence electrons. The number of thiazole rings is 1. The first kappa shape index (κ1) is 14.7. The lowest BCUT2D eigenvalue weighted by Crippen LogP contribution is -2.06. The molecule has 1 aromatic carbocycles. The largest absolute Gasteiger partial charge is 0.367 e. The lowest BCUT2D eigenvalue weighted by molar-refractivity contribution is 0.0910. The third kappa shape index (κ3) is 3.34. The van der Waals surface area contributed by atoms with Crippen LogP contribution in [0.3, 0.4) is 0 Å². The molecule has 0 radical (unpaired) electrons. The minimum absolute atomic E-state index is 0.0377. The SMILES string of the molecule is CCOC(c1ccccc1)c1nc(C2CC2)c(CNC)s1. The fourth-order valence-corrected chi connectivity index (χ4v) is 3.80. The van der Waals surface area contributed by atoms with E-state index in [0.717, 1.165) is 11.6 Å². The van der Waals surface area contributed by atoms with Gasteiger partial charge in [-0.2, -0.15) is 0 Å². The Morgan fingerprint density at radius 1 is 1.33 bits per heavy atom. The molecular formula is C17H22N2OS. The Bertz CT molecular complexity index is 578. The van der Waals surface area contributed by atoms with Crippen molar-refractivity contribution in [1.29, 1.82) is 0 Å². The Balaban J connectivity index is 1.93. The molecule has 1 N–H and O–H groups in total. The first-order valence-corrected chi connectivity index (χ1v) is 8.45. The summed E-state index contributed by atoms with van der Waals surface area (Å²) in [5.74, 6) is 0.677. The highest BCUT2D eigenvalue weighted by Gasteiger charge is 2.31. The molecule has 0 spiro atoms. The maximum atomic E-state index is 5.99. The van der Waals surface area contributed by atoms with Crippen molar-refractivity contribution in [3.63, 3.8) is 0 Å². The zero-order valence-electron chi connectivity index (χ0n) is 12.6. The smallest absolute Gasteiger partial charge is 0.134 e. The third-order valence-corrected chi connectivity index (χ3v) is 4.82. The molecule has 1 heterocycles. The van der Waals surface area contributed by atoms with Gasteiger partial charge in [-0.25, -0.2) is 4.98 Å². The lowest BCUT2D eigenvalue weighted by Gasteiger charge is -2.14. The summed E-state index contributed by atoms with van der Waals surface area (Å²) < 4.78 is 5.99. The van der Waals surface area contributed by atoms with Crippen LogP contribution in [-0.4, -0.2) is 18.6 Å². The number of rotatable bonds is 7. The quantitative estimate of drug-likeness (QED) is 0.843. The van der Waals surface area contributed by atoms with Crippen LogP contribution in [0.4, 0.5) is 0 Å². The third-order valence-electron chi connectivity index (χ3n) is 3.71. The van der Waals surface area contributed by atoms with Gasteiger partial charge in [0.05, 0.1) is 5.69 Å². The molecule has 1 aliphatic rings. The molecule has 1 unspecified atom stereocenters. The molecule has 0 amide bonds. The van der Waals surface area contributed by atoms with E-state index in [2.05, 4.69) is 29.6 Å². The summed E-state index contributed by atoms with van der Waals surface area (Å²) >= 11 is 1.80. The molecule has 4 heteroatoms. The van der Waals surface area contributed by atoms with Crippen molar-refractivity contribution in [3.05, 3.63) is 51.5 Å². The molecule has 1 saturated carbocycles. The Labute approximate surface area is 130 Å². The number of aromatic nitrogens is 1. The first-order chi connectivity index (χ1) is 10.3. The van der Waals surface area contributed by atoms with E-state index in [1.54, 1.807) is 11.3 Å². The van der Waals surface area contributed by atoms with Crippen LogP contribution in [0.15, 0.2) is 30.3 Å². The number of hydrogen-bond acceptors (Lipinski definition) is 4. The molecule has 1 aliphatic carbocycles. The van der Waals surface area contributed by atoms with Crippen molar-refractivity contribution in [3.8, 4) is 0 Å². The molecule has 1 aromatic heterocycles. The van der Waals surface area contributed by atoms with E-state index in [9.17, 15) is 0 Å². The zero-order chi connectivity index (χ0) is 14.7. The molecule has 3 rings (SSSR count). The second-order valence-electron chi connectivity index (χ2n) is 5.41. The molecule has 0 bridgehead atoms. The Morgan fingerprint density at radius 3 is 2.71 bits per heavy atom. The van der Waals surface area contributed by atoms with Gasteiger partial charge >= 0.3 is 0 Å². The first-order valence-electron chi connectivity index (χ1n) is 7.64. The summed E-state index contributed by atoms with van der Waals surface area (Å²) in [7, 11) is 1.99. The fourth-order valence-electron chi connectivity index (χ4n) is 2.56. The van der Waals surface area contributed by atoms with E-state index >= 15 is 0 Å². The van der Waals surface area contributed by atoms with Crippen LogP contribution in [0.2, 0.25) is 0 Å². The second kappa shape index (κ2) is 6.69. The van der Waals surface area contributed by atoms with Gasteiger partial charge in [-0.1, -0.05) is 30.3 Å². The Morgan fingerprint density at radius 2 is 2.10 bits per heavy atom. The van der Waals surface area contributed by atoms with E-state index < -0.39 is 0 Å². The molecule has 0 aliphatic heterocycles. The topological polar surface area (TPSA) is 34.1 Å². The normalized spacial score (nSPS) is 16.1. The van der Waals surface area contributed by atoms with Gasteiger partial charge < -0.3 is 10.1 Å². The van der Waals surface area contributed by atoms with E-state index in [-0.39, 0.29) is 6.10 Å². The van der Waals surface area contributed by atoms with Crippen LogP contribution in [0.25, 0.3) is 0 Å². The highest BCUT2D eigenvalue weighted by molar-refractivity contribution is 7.11. The average Bonchev–Trinajstić information content (AvgIpc) is 3.28. The van der Waals surface area contributed by atoms with Gasteiger partial charge in [0.15, 0.2) is 0 Å². The number of ether oxygens (including phenoxy) is 1. The molecule has 21 heavy (non-hydrogen) atoms. The van der Waals surface area contributed by atoms with Crippen molar-refractivity contribution in [2.24, 2.45) is 0 Å². The second-order valence-corrected chi connectivity index (χ2v) is 6.53. The standard InChI is InChI=1S/C17H22N2OS/c1-3-20-16(13-7-5-4-6-8-13)17-19-15(12-9-10-12)14(21-17)11-18-2/h4-8,12,16,18H,3,9-11H2,1-2H3. The Hall–Kier alpha value is -1.23. The summed E-state index contributed by atoms with van der Waals surface area (Å²) in [5, 5.41) is 4.35. The minimum atomic E-state index is -0.0377. The van der Waals surface area contributed by atoms with Crippen LogP contribution in [-0.2, 0) is 11.3 Å². The van der Waals surface area contributed by atoms with Crippen LogP contribution >= 0.6 is 11.3 Å². The van der Waals surface area contributed by atoms with Gasteiger partial charge in [0.1, 0.15) is 11.1 Å². The maximum absolute atomic E-state index is 5.99. The molecule has 1 fully saturated rings. The maximum Gasteiger partial charge on any atom is 0.134 e. The summed E-state index contributed by atoms with van der Waals surface area (Å²) in [6.45, 7) is 3.64. The van der Waals surface area contributed by atoms with Gasteiger partial charge in [-0.05, 0) is 32.4 Å². The predicted molar refractivity (Wildman–Crippen MR) is 86.8 cm³/mol. The molecule has 0 saturated heterocycles. The molecule has 3 nitrogen and oxygen atoms in total. The summed E-state index contributed by atoms with van der Waals surface area (Å²) in [5.41, 5.74) is 2.48. The van der Waals surface area contributed by atoms with Crippen molar-refractivity contribution in [1.82, 2.24) is 10.3 Å². The molecule has 2 aromatic rings. The predicted octanol–water partition coefficient (Wildman–Crippen LogP) is 3.87. The summed E-state index contributed by atoms with van der Waals surface area (Å²) in [6.07, 6.45) is 2.53. The Kier molecular flexibility index (Phi) is 4.68. The van der Waals surface area contributed by atoms with Crippen molar-refractivity contribution < 1.29 is 4.74 Å². The van der Waals surface area contributed by atoms with E-state index in [4.69, 9.17) is 9.72 Å². The monoisotopic (exact) mass is 302 g/mol. The van der Waals surface area contributed by atoms with E-state index in [1.165, 1.54) is 29.0 Å². The van der Waals surface area contributed by atoms with Crippen LogP contribution < -0.4 is 5.32 Å². The van der Waals surface area contributed by atoms with Gasteiger partial charge in [0.25, 0.3) is 0 Å². The average molecular weight is 302 g/mol. The van der Waals surface area contributed by atoms with Gasteiger partial charge in [0, 0.05) is 23.9 Å². The number of hydrogen-bond donors (Lipinski definition) is 1. The van der Waals surface area contributed by atoms with Crippen molar-refractivity contribution in [2.45, 2.75) is 38.3 Å². The number of nitrogens with one attached hydrogen (secondary N) is 1. The van der Waals surface area contributed by atoms with Crippen LogP contribution in [0.5, 0.6) is 0 Å². The van der Waals surface area contributed by atoms with E-state index in [1.807, 2.05) is 20.0 Å². The summed E-state index contributed by atoms with van der Waals surface area (Å²) in [4.78, 5) is 6.31. The van der Waals surface area contributed by atoms with Crippen LogP contribution in [0, 0.1) is 0 Å². The lowest BCUT2D eigenvalue weighted by atomic mass is 10.1. The molecule has 1 atom stereocenters. The fraction of sp³-hybridized carbons (Fsp3) is 0.471. The number of nitrogens with zero attached hydrogens (tertiary/aromatic N) is 1. The molecular weight excluding hydrogens is 280 g/mol.